The number of anilines is 1. The quantitative estimate of drug-likeness (QED) is 0.448. The Morgan fingerprint density at radius 3 is 2.58 bits per heavy atom. The summed E-state index contributed by atoms with van der Waals surface area (Å²) in [5, 5.41) is 2.99. The third-order valence-corrected chi connectivity index (χ3v) is 7.18. The van der Waals surface area contributed by atoms with Gasteiger partial charge in [0.15, 0.2) is 11.2 Å². The average Bonchev–Trinajstić information content (AvgIpc) is 3.25. The summed E-state index contributed by atoms with van der Waals surface area (Å²) in [6.07, 6.45) is 3.89. The summed E-state index contributed by atoms with van der Waals surface area (Å²) >= 11 is 0. The molecule has 1 saturated heterocycles. The number of ether oxygens (including phenoxy) is 1. The molecular weight excluding hydrogens is 508 g/mol. The van der Waals surface area contributed by atoms with Gasteiger partial charge in [-0.05, 0) is 71.9 Å². The highest BCUT2D eigenvalue weighted by molar-refractivity contribution is 5.75. The van der Waals surface area contributed by atoms with Gasteiger partial charge in [-0.3, -0.25) is 13.9 Å². The second-order valence-corrected chi connectivity index (χ2v) is 11.9. The van der Waals surface area contributed by atoms with Gasteiger partial charge in [-0.15, -0.1) is 0 Å². The molecule has 1 aromatic carbocycles. The maximum atomic E-state index is 13.5. The Balaban J connectivity index is 1.76. The molecule has 1 amide bonds. The number of benzene rings is 1. The molecule has 0 saturated carbocycles. The van der Waals surface area contributed by atoms with Gasteiger partial charge in [-0.2, -0.15) is 4.98 Å². The summed E-state index contributed by atoms with van der Waals surface area (Å²) in [6, 6.07) is 7.97. The Kier molecular flexibility index (Phi) is 8.56. The van der Waals surface area contributed by atoms with Crippen LogP contribution in [0.5, 0.6) is 0 Å². The number of aromatic nitrogens is 4. The van der Waals surface area contributed by atoms with Crippen LogP contribution in [0.1, 0.15) is 58.6 Å². The zero-order chi connectivity index (χ0) is 29.2. The van der Waals surface area contributed by atoms with E-state index in [4.69, 9.17) is 9.72 Å². The van der Waals surface area contributed by atoms with Crippen LogP contribution in [0.25, 0.3) is 11.2 Å². The first kappa shape index (κ1) is 29.2. The molecule has 1 aliphatic rings. The second kappa shape index (κ2) is 11.7. The summed E-state index contributed by atoms with van der Waals surface area (Å²) in [6.45, 7) is 13.7. The summed E-state index contributed by atoms with van der Waals surface area (Å²) in [7, 11) is 1.52. The predicted octanol–water partition coefficient (Wildman–Crippen LogP) is 3.91. The van der Waals surface area contributed by atoms with Crippen LogP contribution in [0.2, 0.25) is 0 Å². The SMILES string of the molecule is CC(C)=CCn1c(N2CCCC(NC(=O)OC(C)(C)C)C2)nc2c1c(=O)n(C)c(=O)n2CCc1ccccc1C. The van der Waals surface area contributed by atoms with E-state index in [9.17, 15) is 14.4 Å². The molecule has 10 heteroatoms. The summed E-state index contributed by atoms with van der Waals surface area (Å²) in [5.74, 6) is 0.621. The lowest BCUT2D eigenvalue weighted by Crippen LogP contribution is -2.49. The maximum Gasteiger partial charge on any atom is 0.407 e. The number of alkyl carbamates (subject to hydrolysis) is 1. The van der Waals surface area contributed by atoms with Gasteiger partial charge in [0.2, 0.25) is 5.95 Å². The highest BCUT2D eigenvalue weighted by atomic mass is 16.6. The smallest absolute Gasteiger partial charge is 0.407 e. The number of hydrogen-bond donors (Lipinski definition) is 1. The molecule has 216 valence electrons. The third kappa shape index (κ3) is 6.48. The predicted molar refractivity (Wildman–Crippen MR) is 158 cm³/mol. The van der Waals surface area contributed by atoms with Gasteiger partial charge < -0.3 is 19.5 Å². The number of nitrogens with zero attached hydrogens (tertiary/aromatic N) is 5. The molecular formula is C30H42N6O4. The van der Waals surface area contributed by atoms with Gasteiger partial charge in [-0.1, -0.05) is 35.9 Å². The van der Waals surface area contributed by atoms with E-state index in [1.54, 1.807) is 4.57 Å². The molecule has 0 spiro atoms. The fraction of sp³-hybridized carbons (Fsp3) is 0.533. The van der Waals surface area contributed by atoms with Crippen molar-refractivity contribution >= 4 is 23.2 Å². The van der Waals surface area contributed by atoms with E-state index in [2.05, 4.69) is 29.3 Å². The lowest BCUT2D eigenvalue weighted by Gasteiger charge is -2.34. The zero-order valence-electron chi connectivity index (χ0n) is 24.8. The van der Waals surface area contributed by atoms with Crippen molar-refractivity contribution in [1.82, 2.24) is 24.0 Å². The van der Waals surface area contributed by atoms with Crippen molar-refractivity contribution < 1.29 is 9.53 Å². The highest BCUT2D eigenvalue weighted by Crippen LogP contribution is 2.24. The van der Waals surface area contributed by atoms with E-state index in [0.717, 1.165) is 36.1 Å². The van der Waals surface area contributed by atoms with E-state index in [-0.39, 0.29) is 17.3 Å². The number of carbonyl (C=O) groups is 1. The molecule has 1 fully saturated rings. The van der Waals surface area contributed by atoms with E-state index < -0.39 is 11.7 Å². The topological polar surface area (TPSA) is 103 Å². The highest BCUT2D eigenvalue weighted by Gasteiger charge is 2.29. The van der Waals surface area contributed by atoms with Crippen molar-refractivity contribution in [3.8, 4) is 0 Å². The number of amides is 1. The normalized spacial score (nSPS) is 15.8. The Morgan fingerprint density at radius 2 is 1.90 bits per heavy atom. The number of piperidine rings is 1. The van der Waals surface area contributed by atoms with Crippen molar-refractivity contribution in [3.63, 3.8) is 0 Å². The Labute approximate surface area is 235 Å². The number of hydrogen-bond acceptors (Lipinski definition) is 6. The van der Waals surface area contributed by atoms with Crippen LogP contribution >= 0.6 is 0 Å². The third-order valence-electron chi connectivity index (χ3n) is 7.18. The lowest BCUT2D eigenvalue weighted by molar-refractivity contribution is 0.0499. The van der Waals surface area contributed by atoms with Gasteiger partial charge in [-0.25, -0.2) is 9.59 Å². The molecule has 0 bridgehead atoms. The Bertz CT molecular complexity index is 1530. The van der Waals surface area contributed by atoms with Crippen LogP contribution in [0.15, 0.2) is 45.5 Å². The van der Waals surface area contributed by atoms with E-state index >= 15 is 0 Å². The number of allylic oxidation sites excluding steroid dienone is 2. The number of nitrogens with one attached hydrogen (secondary N) is 1. The number of fused-ring (bicyclic) bond motifs is 1. The number of rotatable bonds is 7. The number of carbonyl (C=O) groups excluding carboxylic acids is 1. The van der Waals surface area contributed by atoms with E-state index in [1.165, 1.54) is 11.6 Å². The fourth-order valence-electron chi connectivity index (χ4n) is 5.11. The number of aryl methyl sites for hydroxylation is 3. The first-order valence-corrected chi connectivity index (χ1v) is 14.0. The van der Waals surface area contributed by atoms with Crippen molar-refractivity contribution in [1.29, 1.82) is 0 Å². The van der Waals surface area contributed by atoms with Crippen LogP contribution in [0.3, 0.4) is 0 Å². The van der Waals surface area contributed by atoms with Crippen LogP contribution in [-0.2, 0) is 31.3 Å². The molecule has 0 aliphatic carbocycles. The zero-order valence-corrected chi connectivity index (χ0v) is 24.8. The van der Waals surface area contributed by atoms with Crippen LogP contribution < -0.4 is 21.5 Å². The van der Waals surface area contributed by atoms with Gasteiger partial charge in [0, 0.05) is 39.3 Å². The summed E-state index contributed by atoms with van der Waals surface area (Å²) in [4.78, 5) is 46.4. The monoisotopic (exact) mass is 550 g/mol. The first-order chi connectivity index (χ1) is 18.9. The standard InChI is InChI=1S/C30H42N6O4/c1-20(2)14-17-35-24-25(32-27(35)34-16-10-13-23(19-34)31-28(38)40-30(4,5)6)36(29(39)33(7)26(24)37)18-15-22-12-9-8-11-21(22)3/h8-9,11-12,14,23H,10,13,15-19H2,1-7H3,(H,31,38). The van der Waals surface area contributed by atoms with Crippen LogP contribution in [-0.4, -0.2) is 49.5 Å². The Morgan fingerprint density at radius 1 is 1.18 bits per heavy atom. The van der Waals surface area contributed by atoms with Gasteiger partial charge in [0.05, 0.1) is 0 Å². The molecule has 0 radical (unpaired) electrons. The average molecular weight is 551 g/mol. The molecule has 1 atom stereocenters. The minimum atomic E-state index is -0.585. The van der Waals surface area contributed by atoms with Crippen molar-refractivity contribution in [2.75, 3.05) is 18.0 Å². The summed E-state index contributed by atoms with van der Waals surface area (Å²) < 4.78 is 10.2. The molecule has 1 aliphatic heterocycles. The minimum Gasteiger partial charge on any atom is -0.444 e. The van der Waals surface area contributed by atoms with Crippen molar-refractivity contribution in [2.45, 2.75) is 85.5 Å². The molecule has 3 aromatic rings. The van der Waals surface area contributed by atoms with E-state index in [1.807, 2.05) is 57.4 Å². The molecule has 40 heavy (non-hydrogen) atoms. The lowest BCUT2D eigenvalue weighted by atomic mass is 10.1. The maximum absolute atomic E-state index is 13.5. The molecule has 3 heterocycles. The van der Waals surface area contributed by atoms with Crippen LogP contribution in [0.4, 0.5) is 10.7 Å². The summed E-state index contributed by atoms with van der Waals surface area (Å²) in [5.41, 5.74) is 2.87. The Hall–Kier alpha value is -3.82. The molecule has 1 N–H and O–H groups in total. The molecule has 4 rings (SSSR count). The molecule has 2 aromatic heterocycles. The molecule has 10 nitrogen and oxygen atoms in total. The van der Waals surface area contributed by atoms with Gasteiger partial charge in [0.1, 0.15) is 5.60 Å². The second-order valence-electron chi connectivity index (χ2n) is 11.9. The van der Waals surface area contributed by atoms with Crippen LogP contribution in [0, 0.1) is 6.92 Å². The first-order valence-electron chi connectivity index (χ1n) is 14.0. The fourth-order valence-corrected chi connectivity index (χ4v) is 5.11. The number of imidazole rings is 1. The van der Waals surface area contributed by atoms with Crippen molar-refractivity contribution in [3.05, 3.63) is 67.9 Å². The van der Waals surface area contributed by atoms with Crippen molar-refractivity contribution in [2.24, 2.45) is 7.05 Å². The van der Waals surface area contributed by atoms with Gasteiger partial charge in [0.25, 0.3) is 5.56 Å². The van der Waals surface area contributed by atoms with E-state index in [0.29, 0.717) is 43.2 Å². The van der Waals surface area contributed by atoms with Gasteiger partial charge >= 0.3 is 11.8 Å². The largest absolute Gasteiger partial charge is 0.444 e. The molecule has 1 unspecified atom stereocenters. The minimum absolute atomic E-state index is 0.133.